The number of fused-ring (bicyclic) bond motifs is 4. The molecule has 0 bridgehead atoms. The summed E-state index contributed by atoms with van der Waals surface area (Å²) in [4.78, 5) is 10.3. The zero-order valence-corrected chi connectivity index (χ0v) is 52.3. The molecule has 1 aliphatic heterocycles. The smallest absolute Gasteiger partial charge is 0.137 e. The molecular weight excluding hydrogens is 1030 g/mol. The van der Waals surface area contributed by atoms with E-state index in [1.165, 1.54) is 83.3 Å². The Labute approximate surface area is 505 Å². The van der Waals surface area contributed by atoms with E-state index in [2.05, 4.69) is 324 Å². The molecule has 9 aromatic carbocycles. The van der Waals surface area contributed by atoms with E-state index >= 15 is 0 Å². The van der Waals surface area contributed by atoms with E-state index < -0.39 is 5.41 Å². The molecule has 0 radical (unpaired) electrons. The predicted octanol–water partition coefficient (Wildman–Crippen LogP) is 22.0. The van der Waals surface area contributed by atoms with Crippen LogP contribution in [-0.4, -0.2) is 16.2 Å². The molecule has 12 rings (SSSR count). The lowest BCUT2D eigenvalue weighted by atomic mass is 9.76. The summed E-state index contributed by atoms with van der Waals surface area (Å²) in [5.41, 5.74) is 20.7. The number of ether oxygens (including phenoxy) is 1. The topological polar surface area (TPSA) is 33.5 Å². The standard InChI is InChI=1S/C80H82N4O/c1-52(2)66-34-26-35-67(53(3)4)75(66)56-43-63(82-51-83(72-46-59(77(5,6)7)37-38-71(72)82)62-42-55(54-27-18-15-19-28-54)41-61(45-62)78(8,9)10)48-64(44-56)85-65-49-69(80(13,14)58-31-22-17-23-32-58)76-68-33-24-25-36-70(68)84(73(76)50-65)74-47-60(39-40-81-74)79(11,12)57-29-20-16-21-30-57/h15-50,52-53H,51H2,1-14H3. The van der Waals surface area contributed by atoms with Gasteiger partial charge in [0.15, 0.2) is 0 Å². The zero-order valence-electron chi connectivity index (χ0n) is 52.3. The molecule has 1 aliphatic rings. The predicted molar refractivity (Wildman–Crippen MR) is 361 cm³/mol. The fraction of sp³-hybridized carbons (Fsp3) is 0.263. The Morgan fingerprint density at radius 3 is 1.64 bits per heavy atom. The average Bonchev–Trinajstić information content (AvgIpc) is 1.82. The van der Waals surface area contributed by atoms with Crippen LogP contribution in [0, 0.1) is 0 Å². The maximum Gasteiger partial charge on any atom is 0.137 e. The Hall–Kier alpha value is -8.67. The Morgan fingerprint density at radius 2 is 0.988 bits per heavy atom. The highest BCUT2D eigenvalue weighted by molar-refractivity contribution is 6.12. The fourth-order valence-electron chi connectivity index (χ4n) is 13.0. The van der Waals surface area contributed by atoms with Crippen LogP contribution in [0.25, 0.3) is 49.9 Å². The molecule has 3 heterocycles. The monoisotopic (exact) mass is 1110 g/mol. The van der Waals surface area contributed by atoms with Gasteiger partial charge in [-0.1, -0.05) is 236 Å². The van der Waals surface area contributed by atoms with Crippen LogP contribution < -0.4 is 14.5 Å². The summed E-state index contributed by atoms with van der Waals surface area (Å²) in [6, 6.07) is 78.6. The molecule has 0 saturated carbocycles. The van der Waals surface area contributed by atoms with Crippen LogP contribution in [0.2, 0.25) is 0 Å². The van der Waals surface area contributed by atoms with E-state index in [-0.39, 0.29) is 28.1 Å². The second kappa shape index (κ2) is 21.8. The first-order chi connectivity index (χ1) is 40.6. The first-order valence-corrected chi connectivity index (χ1v) is 30.6. The van der Waals surface area contributed by atoms with Crippen LogP contribution >= 0.6 is 0 Å². The van der Waals surface area contributed by atoms with Crippen LogP contribution in [-0.2, 0) is 21.7 Å². The van der Waals surface area contributed by atoms with Crippen molar-refractivity contribution >= 4 is 44.6 Å². The van der Waals surface area contributed by atoms with E-state index in [0.717, 1.165) is 45.3 Å². The molecule has 0 saturated heterocycles. The number of anilines is 4. The van der Waals surface area contributed by atoms with Crippen molar-refractivity contribution in [3.05, 3.63) is 263 Å². The van der Waals surface area contributed by atoms with E-state index in [1.807, 2.05) is 6.20 Å². The van der Waals surface area contributed by atoms with Gasteiger partial charge in [-0.25, -0.2) is 4.98 Å². The Balaban J connectivity index is 1.09. The average molecular weight is 1120 g/mol. The number of hydrogen-bond donors (Lipinski definition) is 0. The van der Waals surface area contributed by atoms with Crippen molar-refractivity contribution < 1.29 is 4.74 Å². The summed E-state index contributed by atoms with van der Waals surface area (Å²) in [5, 5.41) is 2.35. The molecule has 0 N–H and O–H groups in total. The summed E-state index contributed by atoms with van der Waals surface area (Å²) in [5.74, 6) is 2.95. The van der Waals surface area contributed by atoms with Crippen molar-refractivity contribution in [3.8, 4) is 39.6 Å². The number of benzene rings is 9. The third-order valence-electron chi connectivity index (χ3n) is 18.1. The van der Waals surface area contributed by atoms with Crippen LogP contribution in [0.15, 0.2) is 219 Å². The Bertz CT molecular complexity index is 4240. The SMILES string of the molecule is CC(C)c1cccc(C(C)C)c1-c1cc(Oc2cc(C(C)(C)c3ccccc3)c3c4ccccc4n(-c4cc(C(C)(C)c5ccccc5)ccn4)c3c2)cc(N2CN(c3cc(-c4ccccc4)cc(C(C)(C)C)c3)c3cc(C(C)(C)C)ccc32)c1. The van der Waals surface area contributed by atoms with Gasteiger partial charge in [-0.05, 0) is 150 Å². The Kier molecular flexibility index (Phi) is 14.5. The van der Waals surface area contributed by atoms with E-state index in [0.29, 0.717) is 6.67 Å². The summed E-state index contributed by atoms with van der Waals surface area (Å²) < 4.78 is 10.0. The van der Waals surface area contributed by atoms with Gasteiger partial charge in [0, 0.05) is 51.3 Å². The molecule has 0 spiro atoms. The molecule has 85 heavy (non-hydrogen) atoms. The normalized spacial score (nSPS) is 13.2. The molecule has 0 fully saturated rings. The van der Waals surface area contributed by atoms with Crippen molar-refractivity contribution in [1.29, 1.82) is 0 Å². The lowest BCUT2D eigenvalue weighted by Gasteiger charge is -2.28. The third kappa shape index (κ3) is 10.6. The van der Waals surface area contributed by atoms with E-state index in [4.69, 9.17) is 9.72 Å². The van der Waals surface area contributed by atoms with Crippen LogP contribution in [0.1, 0.15) is 153 Å². The molecule has 0 atom stereocenters. The van der Waals surface area contributed by atoms with Crippen molar-refractivity contribution in [3.63, 3.8) is 0 Å². The molecule has 5 nitrogen and oxygen atoms in total. The number of rotatable bonds is 13. The maximum absolute atomic E-state index is 7.65. The van der Waals surface area contributed by atoms with Gasteiger partial charge < -0.3 is 14.5 Å². The summed E-state index contributed by atoms with van der Waals surface area (Å²) >= 11 is 0. The van der Waals surface area contributed by atoms with Gasteiger partial charge in [-0.3, -0.25) is 4.57 Å². The van der Waals surface area contributed by atoms with Crippen molar-refractivity contribution in [2.75, 3.05) is 16.5 Å². The number of aromatic nitrogens is 2. The van der Waals surface area contributed by atoms with Crippen molar-refractivity contribution in [1.82, 2.24) is 9.55 Å². The van der Waals surface area contributed by atoms with Crippen LogP contribution in [0.4, 0.5) is 22.7 Å². The molecule has 11 aromatic rings. The molecular formula is C80H82N4O. The highest BCUT2D eigenvalue weighted by Crippen LogP contribution is 2.51. The van der Waals surface area contributed by atoms with Gasteiger partial charge >= 0.3 is 0 Å². The largest absolute Gasteiger partial charge is 0.457 e. The number of para-hydroxylation sites is 1. The summed E-state index contributed by atoms with van der Waals surface area (Å²) in [6.07, 6.45) is 1.98. The van der Waals surface area contributed by atoms with Gasteiger partial charge in [0.25, 0.3) is 0 Å². The van der Waals surface area contributed by atoms with Crippen molar-refractivity contribution in [2.24, 2.45) is 0 Å². The van der Waals surface area contributed by atoms with Crippen LogP contribution in [0.3, 0.4) is 0 Å². The highest BCUT2D eigenvalue weighted by atomic mass is 16.5. The minimum absolute atomic E-state index is 0.0658. The van der Waals surface area contributed by atoms with Crippen molar-refractivity contribution in [2.45, 2.75) is 130 Å². The minimum atomic E-state index is -0.437. The molecule has 2 aromatic heterocycles. The lowest BCUT2D eigenvalue weighted by molar-refractivity contribution is 0.481. The van der Waals surface area contributed by atoms with Gasteiger partial charge in [-0.15, -0.1) is 0 Å². The zero-order chi connectivity index (χ0) is 59.7. The second-order valence-corrected chi connectivity index (χ2v) is 27.4. The number of nitrogens with zero attached hydrogens (tertiary/aromatic N) is 4. The Morgan fingerprint density at radius 1 is 0.412 bits per heavy atom. The quantitative estimate of drug-likeness (QED) is 0.115. The molecule has 5 heteroatoms. The van der Waals surface area contributed by atoms with Gasteiger partial charge in [0.05, 0.1) is 22.4 Å². The molecule has 428 valence electrons. The van der Waals surface area contributed by atoms with Crippen LogP contribution in [0.5, 0.6) is 11.5 Å². The first kappa shape index (κ1) is 56.8. The van der Waals surface area contributed by atoms with Gasteiger partial charge in [0.1, 0.15) is 24.0 Å². The lowest BCUT2D eigenvalue weighted by Crippen LogP contribution is -2.24. The minimum Gasteiger partial charge on any atom is -0.457 e. The number of pyridine rings is 1. The van der Waals surface area contributed by atoms with Gasteiger partial charge in [-0.2, -0.15) is 0 Å². The summed E-state index contributed by atoms with van der Waals surface area (Å²) in [7, 11) is 0. The third-order valence-corrected chi connectivity index (χ3v) is 18.1. The number of hydrogen-bond acceptors (Lipinski definition) is 4. The van der Waals surface area contributed by atoms with E-state index in [1.54, 1.807) is 0 Å². The van der Waals surface area contributed by atoms with E-state index in [9.17, 15) is 0 Å². The fourth-order valence-corrected chi connectivity index (χ4v) is 13.0. The first-order valence-electron chi connectivity index (χ1n) is 30.6. The summed E-state index contributed by atoms with van der Waals surface area (Å²) in [6.45, 7) is 33.1. The highest BCUT2D eigenvalue weighted by Gasteiger charge is 2.34. The molecule has 0 unspecified atom stereocenters. The second-order valence-electron chi connectivity index (χ2n) is 27.4. The molecule has 0 amide bonds. The molecule has 0 aliphatic carbocycles. The van der Waals surface area contributed by atoms with Gasteiger partial charge in [0.2, 0.25) is 0 Å². The maximum atomic E-state index is 7.65.